The Balaban J connectivity index is 2.51. The molecule has 0 radical (unpaired) electrons. The van der Waals surface area contributed by atoms with Crippen LogP contribution in [0.15, 0.2) is 29.2 Å². The molecule has 4 nitrogen and oxygen atoms in total. The van der Waals surface area contributed by atoms with Crippen LogP contribution >= 0.6 is 11.8 Å². The summed E-state index contributed by atoms with van der Waals surface area (Å²) in [7, 11) is 0. The first-order chi connectivity index (χ1) is 9.38. The van der Waals surface area contributed by atoms with Gasteiger partial charge in [-0.3, -0.25) is 9.59 Å². The maximum atomic E-state index is 11.9. The van der Waals surface area contributed by atoms with Gasteiger partial charge in [-0.15, -0.1) is 11.8 Å². The van der Waals surface area contributed by atoms with Gasteiger partial charge in [0.1, 0.15) is 0 Å². The van der Waals surface area contributed by atoms with Crippen LogP contribution < -0.4 is 5.32 Å². The molecule has 1 aromatic rings. The normalized spacial score (nSPS) is 12.2. The molecule has 5 heteroatoms. The zero-order chi connectivity index (χ0) is 15.1. The van der Waals surface area contributed by atoms with Crippen LogP contribution in [0.4, 0.5) is 0 Å². The van der Waals surface area contributed by atoms with Crippen LogP contribution in [0.3, 0.4) is 0 Å². The smallest absolute Gasteiger partial charge is 0.307 e. The van der Waals surface area contributed by atoms with Crippen molar-refractivity contribution < 1.29 is 14.7 Å². The Morgan fingerprint density at radius 1 is 1.20 bits per heavy atom. The van der Waals surface area contributed by atoms with Gasteiger partial charge >= 0.3 is 5.97 Å². The molecule has 20 heavy (non-hydrogen) atoms. The van der Waals surface area contributed by atoms with Gasteiger partial charge in [0.25, 0.3) is 0 Å². The molecule has 2 N–H and O–H groups in total. The van der Waals surface area contributed by atoms with E-state index in [1.807, 2.05) is 19.1 Å². The summed E-state index contributed by atoms with van der Waals surface area (Å²) in [6.07, 6.45) is 0.0232. The lowest BCUT2D eigenvalue weighted by Gasteiger charge is -2.13. The van der Waals surface area contributed by atoms with E-state index in [0.717, 1.165) is 10.5 Å². The average molecular weight is 295 g/mol. The molecule has 110 valence electrons. The minimum atomic E-state index is -0.841. The number of benzene rings is 1. The van der Waals surface area contributed by atoms with Gasteiger partial charge < -0.3 is 10.4 Å². The number of carboxylic acids is 1. The van der Waals surface area contributed by atoms with Crippen molar-refractivity contribution in [2.75, 3.05) is 6.54 Å². The molecule has 0 bridgehead atoms. The van der Waals surface area contributed by atoms with Crippen molar-refractivity contribution in [1.82, 2.24) is 5.32 Å². The van der Waals surface area contributed by atoms with Gasteiger partial charge in [-0.25, -0.2) is 0 Å². The second-order valence-corrected chi connectivity index (χ2v) is 6.53. The predicted molar refractivity (Wildman–Crippen MR) is 80.9 cm³/mol. The van der Waals surface area contributed by atoms with Crippen molar-refractivity contribution in [3.63, 3.8) is 0 Å². The Bertz CT molecular complexity index is 457. The third-order valence-corrected chi connectivity index (χ3v) is 3.76. The number of carbonyl (C=O) groups excluding carboxylic acids is 1. The van der Waals surface area contributed by atoms with Crippen molar-refractivity contribution in [1.29, 1.82) is 0 Å². The number of carbonyl (C=O) groups is 2. The van der Waals surface area contributed by atoms with Gasteiger partial charge in [-0.05, 0) is 30.5 Å². The van der Waals surface area contributed by atoms with E-state index in [2.05, 4.69) is 19.2 Å². The van der Waals surface area contributed by atoms with E-state index in [9.17, 15) is 9.59 Å². The Morgan fingerprint density at radius 3 is 2.30 bits per heavy atom. The van der Waals surface area contributed by atoms with Gasteiger partial charge in [-0.2, -0.15) is 0 Å². The highest BCUT2D eigenvalue weighted by Gasteiger charge is 2.14. The molecule has 0 aliphatic rings. The molecule has 1 amide bonds. The van der Waals surface area contributed by atoms with E-state index in [1.165, 1.54) is 11.8 Å². The fraction of sp³-hybridized carbons (Fsp3) is 0.467. The Labute approximate surface area is 124 Å². The van der Waals surface area contributed by atoms with Crippen molar-refractivity contribution in [2.24, 2.45) is 5.92 Å². The highest BCUT2D eigenvalue weighted by atomic mass is 32.2. The molecule has 1 rings (SSSR count). The summed E-state index contributed by atoms with van der Waals surface area (Å²) < 4.78 is 0. The molecular formula is C15H21NO3S. The van der Waals surface area contributed by atoms with Crippen molar-refractivity contribution in [2.45, 2.75) is 37.3 Å². The van der Waals surface area contributed by atoms with Crippen LogP contribution in [0.25, 0.3) is 0 Å². The summed E-state index contributed by atoms with van der Waals surface area (Å²) in [5, 5.41) is 11.4. The monoisotopic (exact) mass is 295 g/mol. The number of rotatable bonds is 7. The molecule has 0 fully saturated rings. The second kappa shape index (κ2) is 7.94. The van der Waals surface area contributed by atoms with Crippen LogP contribution in [0.2, 0.25) is 0 Å². The van der Waals surface area contributed by atoms with E-state index in [1.54, 1.807) is 12.1 Å². The standard InChI is InChI=1S/C15H21NO3S/c1-10(2)9-16-15(19)11(3)20-13-6-4-12(5-7-13)8-14(17)18/h4-7,10-11H,8-9H2,1-3H3,(H,16,19)(H,17,18). The highest BCUT2D eigenvalue weighted by Crippen LogP contribution is 2.23. The number of hydrogen-bond donors (Lipinski definition) is 2. The minimum Gasteiger partial charge on any atom is -0.481 e. The lowest BCUT2D eigenvalue weighted by molar-refractivity contribution is -0.136. The Kier molecular flexibility index (Phi) is 6.58. The molecule has 0 aliphatic carbocycles. The van der Waals surface area contributed by atoms with E-state index in [0.29, 0.717) is 12.5 Å². The van der Waals surface area contributed by atoms with Gasteiger partial charge in [-0.1, -0.05) is 26.0 Å². The molecular weight excluding hydrogens is 274 g/mol. The van der Waals surface area contributed by atoms with Crippen molar-refractivity contribution >= 4 is 23.6 Å². The SMILES string of the molecule is CC(C)CNC(=O)C(C)Sc1ccc(CC(=O)O)cc1. The number of carboxylic acid groups (broad SMARTS) is 1. The van der Waals surface area contributed by atoms with Gasteiger partial charge in [0, 0.05) is 11.4 Å². The number of nitrogens with one attached hydrogen (secondary N) is 1. The summed E-state index contributed by atoms with van der Waals surface area (Å²) in [6.45, 7) is 6.66. The predicted octanol–water partition coefficient (Wildman–Crippen LogP) is 2.57. The molecule has 1 aromatic carbocycles. The molecule has 0 aromatic heterocycles. The lowest BCUT2D eigenvalue weighted by atomic mass is 10.2. The number of aliphatic carboxylic acids is 1. The van der Waals surface area contributed by atoms with E-state index >= 15 is 0 Å². The molecule has 0 saturated heterocycles. The van der Waals surface area contributed by atoms with Gasteiger partial charge in [0.15, 0.2) is 0 Å². The molecule has 1 atom stereocenters. The Morgan fingerprint density at radius 2 is 1.80 bits per heavy atom. The zero-order valence-electron chi connectivity index (χ0n) is 12.1. The van der Waals surface area contributed by atoms with Crippen molar-refractivity contribution in [3.05, 3.63) is 29.8 Å². The van der Waals surface area contributed by atoms with Gasteiger partial charge in [0.05, 0.1) is 11.7 Å². The zero-order valence-corrected chi connectivity index (χ0v) is 12.9. The van der Waals surface area contributed by atoms with Crippen LogP contribution in [-0.4, -0.2) is 28.8 Å². The molecule has 0 aliphatic heterocycles. The fourth-order valence-electron chi connectivity index (χ4n) is 1.57. The van der Waals surface area contributed by atoms with E-state index in [-0.39, 0.29) is 17.6 Å². The van der Waals surface area contributed by atoms with E-state index < -0.39 is 5.97 Å². The lowest BCUT2D eigenvalue weighted by Crippen LogP contribution is -2.33. The fourth-order valence-corrected chi connectivity index (χ4v) is 2.46. The van der Waals surface area contributed by atoms with Gasteiger partial charge in [0.2, 0.25) is 5.91 Å². The molecule has 1 unspecified atom stereocenters. The second-order valence-electron chi connectivity index (χ2n) is 5.11. The van der Waals surface area contributed by atoms with Crippen LogP contribution in [0.5, 0.6) is 0 Å². The minimum absolute atomic E-state index is 0.0232. The van der Waals surface area contributed by atoms with Crippen LogP contribution in [-0.2, 0) is 16.0 Å². The first-order valence-corrected chi connectivity index (χ1v) is 7.51. The number of hydrogen-bond acceptors (Lipinski definition) is 3. The number of thioether (sulfide) groups is 1. The summed E-state index contributed by atoms with van der Waals surface area (Å²) in [5.74, 6) is -0.378. The third-order valence-electron chi connectivity index (χ3n) is 2.65. The summed E-state index contributed by atoms with van der Waals surface area (Å²) in [5.41, 5.74) is 0.763. The average Bonchev–Trinajstić information content (AvgIpc) is 2.37. The molecule has 0 spiro atoms. The highest BCUT2D eigenvalue weighted by molar-refractivity contribution is 8.00. The molecule has 0 saturated carbocycles. The van der Waals surface area contributed by atoms with E-state index in [4.69, 9.17) is 5.11 Å². The molecule has 0 heterocycles. The van der Waals surface area contributed by atoms with Crippen LogP contribution in [0.1, 0.15) is 26.3 Å². The quantitative estimate of drug-likeness (QED) is 0.759. The largest absolute Gasteiger partial charge is 0.481 e. The first kappa shape index (κ1) is 16.6. The number of amides is 1. The first-order valence-electron chi connectivity index (χ1n) is 6.63. The summed E-state index contributed by atoms with van der Waals surface area (Å²) in [6, 6.07) is 7.29. The maximum Gasteiger partial charge on any atom is 0.307 e. The maximum absolute atomic E-state index is 11.9. The Hall–Kier alpha value is -1.49. The third kappa shape index (κ3) is 6.10. The van der Waals surface area contributed by atoms with Crippen molar-refractivity contribution in [3.8, 4) is 0 Å². The summed E-state index contributed by atoms with van der Waals surface area (Å²) in [4.78, 5) is 23.4. The topological polar surface area (TPSA) is 66.4 Å². The van der Waals surface area contributed by atoms with Crippen LogP contribution in [0, 0.1) is 5.92 Å². The summed E-state index contributed by atoms with van der Waals surface area (Å²) >= 11 is 1.47.